The maximum absolute atomic E-state index is 11.2. The van der Waals surface area contributed by atoms with Gasteiger partial charge in [-0.15, -0.1) is 0 Å². The summed E-state index contributed by atoms with van der Waals surface area (Å²) < 4.78 is 0. The number of rotatable bonds is 4. The Kier molecular flexibility index (Phi) is 4.81. The summed E-state index contributed by atoms with van der Waals surface area (Å²) in [5.74, 6) is -0.853. The molecular formula is C17H25NO2. The standard InChI is InChI=1S/C17H25NO2/c1-4-16(15-8-7-12(2)10-13(15)3)18-9-5-6-14(11-18)17(19)20/h7-8,10,14,16H,4-6,9,11H2,1-3H3,(H,19,20). The van der Waals surface area contributed by atoms with E-state index < -0.39 is 5.97 Å². The molecule has 1 aromatic rings. The van der Waals surface area contributed by atoms with Crippen LogP contribution in [0.4, 0.5) is 0 Å². The molecular weight excluding hydrogens is 250 g/mol. The van der Waals surface area contributed by atoms with Gasteiger partial charge < -0.3 is 5.11 Å². The second-order valence-corrected chi connectivity index (χ2v) is 5.96. The van der Waals surface area contributed by atoms with Crippen molar-refractivity contribution >= 4 is 5.97 Å². The highest BCUT2D eigenvalue weighted by Crippen LogP contribution is 2.31. The molecule has 1 N–H and O–H groups in total. The van der Waals surface area contributed by atoms with Gasteiger partial charge in [-0.3, -0.25) is 9.69 Å². The molecule has 0 bridgehead atoms. The van der Waals surface area contributed by atoms with Crippen molar-refractivity contribution in [3.8, 4) is 0 Å². The van der Waals surface area contributed by atoms with Gasteiger partial charge in [0.1, 0.15) is 0 Å². The average molecular weight is 275 g/mol. The van der Waals surface area contributed by atoms with Crippen molar-refractivity contribution in [1.29, 1.82) is 0 Å². The van der Waals surface area contributed by atoms with Gasteiger partial charge in [-0.25, -0.2) is 0 Å². The molecule has 0 saturated carbocycles. The summed E-state index contributed by atoms with van der Waals surface area (Å²) in [6.07, 6.45) is 2.82. The summed E-state index contributed by atoms with van der Waals surface area (Å²) in [5.41, 5.74) is 3.95. The van der Waals surface area contributed by atoms with Crippen LogP contribution in [-0.4, -0.2) is 29.1 Å². The number of aliphatic carboxylic acids is 1. The van der Waals surface area contributed by atoms with Crippen molar-refractivity contribution in [2.24, 2.45) is 5.92 Å². The van der Waals surface area contributed by atoms with Crippen molar-refractivity contribution in [2.75, 3.05) is 13.1 Å². The second kappa shape index (κ2) is 6.40. The van der Waals surface area contributed by atoms with Crippen molar-refractivity contribution in [1.82, 2.24) is 4.90 Å². The molecule has 110 valence electrons. The lowest BCUT2D eigenvalue weighted by molar-refractivity contribution is -0.144. The molecule has 0 radical (unpaired) electrons. The second-order valence-electron chi connectivity index (χ2n) is 5.96. The number of benzene rings is 1. The zero-order valence-electron chi connectivity index (χ0n) is 12.7. The van der Waals surface area contributed by atoms with Crippen LogP contribution in [0.2, 0.25) is 0 Å². The zero-order chi connectivity index (χ0) is 14.7. The van der Waals surface area contributed by atoms with Gasteiger partial charge in [-0.2, -0.15) is 0 Å². The van der Waals surface area contributed by atoms with E-state index >= 15 is 0 Å². The van der Waals surface area contributed by atoms with Gasteiger partial charge >= 0.3 is 5.97 Å². The Labute approximate surface area is 121 Å². The highest BCUT2D eigenvalue weighted by atomic mass is 16.4. The number of carbonyl (C=O) groups is 1. The first kappa shape index (κ1) is 15.0. The Hall–Kier alpha value is -1.35. The van der Waals surface area contributed by atoms with Gasteiger partial charge in [0.2, 0.25) is 0 Å². The van der Waals surface area contributed by atoms with Crippen LogP contribution >= 0.6 is 0 Å². The third-order valence-corrected chi connectivity index (χ3v) is 4.41. The molecule has 1 saturated heterocycles. The maximum Gasteiger partial charge on any atom is 0.307 e. The quantitative estimate of drug-likeness (QED) is 0.913. The molecule has 2 unspecified atom stereocenters. The molecule has 0 spiro atoms. The van der Waals surface area contributed by atoms with Crippen LogP contribution in [0.3, 0.4) is 0 Å². The fourth-order valence-electron chi connectivity index (χ4n) is 3.37. The third kappa shape index (κ3) is 3.21. The van der Waals surface area contributed by atoms with Crippen molar-refractivity contribution in [3.63, 3.8) is 0 Å². The first-order chi connectivity index (χ1) is 9.52. The van der Waals surface area contributed by atoms with Gasteiger partial charge in [0.15, 0.2) is 0 Å². The normalized spacial score (nSPS) is 21.6. The number of likely N-dealkylation sites (tertiary alicyclic amines) is 1. The largest absolute Gasteiger partial charge is 0.481 e. The number of carboxylic acid groups (broad SMARTS) is 1. The van der Waals surface area contributed by atoms with Crippen LogP contribution in [0.25, 0.3) is 0 Å². The summed E-state index contributed by atoms with van der Waals surface area (Å²) in [5, 5.41) is 9.25. The van der Waals surface area contributed by atoms with E-state index in [0.29, 0.717) is 12.6 Å². The minimum atomic E-state index is -0.648. The molecule has 2 atom stereocenters. The lowest BCUT2D eigenvalue weighted by Gasteiger charge is -2.37. The Bertz CT molecular complexity index is 484. The molecule has 1 heterocycles. The summed E-state index contributed by atoms with van der Waals surface area (Å²) in [7, 11) is 0. The number of carboxylic acids is 1. The van der Waals surface area contributed by atoms with E-state index in [0.717, 1.165) is 25.8 Å². The fourth-order valence-corrected chi connectivity index (χ4v) is 3.37. The number of piperidine rings is 1. The number of aryl methyl sites for hydroxylation is 2. The van der Waals surface area contributed by atoms with Crippen LogP contribution < -0.4 is 0 Å². The molecule has 1 aromatic carbocycles. The molecule has 0 amide bonds. The Morgan fingerprint density at radius 1 is 1.45 bits per heavy atom. The minimum absolute atomic E-state index is 0.205. The van der Waals surface area contributed by atoms with Gasteiger partial charge in [-0.05, 0) is 50.8 Å². The van der Waals surface area contributed by atoms with Crippen LogP contribution in [0.1, 0.15) is 48.9 Å². The number of hydrogen-bond acceptors (Lipinski definition) is 2. The topological polar surface area (TPSA) is 40.5 Å². The predicted octanol–water partition coefficient (Wildman–Crippen LogP) is 3.55. The van der Waals surface area contributed by atoms with Gasteiger partial charge in [0, 0.05) is 12.6 Å². The first-order valence-electron chi connectivity index (χ1n) is 7.57. The Morgan fingerprint density at radius 3 is 2.80 bits per heavy atom. The Morgan fingerprint density at radius 2 is 2.20 bits per heavy atom. The molecule has 2 rings (SSSR count). The SMILES string of the molecule is CCC(c1ccc(C)cc1C)N1CCCC(C(=O)O)C1. The van der Waals surface area contributed by atoms with Crippen molar-refractivity contribution in [3.05, 3.63) is 34.9 Å². The molecule has 3 nitrogen and oxygen atoms in total. The predicted molar refractivity (Wildman–Crippen MR) is 80.9 cm³/mol. The van der Waals surface area contributed by atoms with Crippen LogP contribution in [0.5, 0.6) is 0 Å². The molecule has 1 fully saturated rings. The molecule has 3 heteroatoms. The highest BCUT2D eigenvalue weighted by molar-refractivity contribution is 5.70. The van der Waals surface area contributed by atoms with E-state index in [1.54, 1.807) is 0 Å². The van der Waals surface area contributed by atoms with Gasteiger partial charge in [0.25, 0.3) is 0 Å². The summed E-state index contributed by atoms with van der Waals surface area (Å²) in [6, 6.07) is 6.93. The van der Waals surface area contributed by atoms with Gasteiger partial charge in [-0.1, -0.05) is 30.7 Å². The summed E-state index contributed by atoms with van der Waals surface area (Å²) in [6.45, 7) is 8.15. The Balaban J connectivity index is 2.21. The minimum Gasteiger partial charge on any atom is -0.481 e. The van der Waals surface area contributed by atoms with E-state index in [2.05, 4.69) is 43.9 Å². The monoisotopic (exact) mass is 275 g/mol. The third-order valence-electron chi connectivity index (χ3n) is 4.41. The lowest BCUT2D eigenvalue weighted by Crippen LogP contribution is -2.40. The molecule has 1 aliphatic rings. The summed E-state index contributed by atoms with van der Waals surface area (Å²) >= 11 is 0. The van der Waals surface area contributed by atoms with Gasteiger partial charge in [0.05, 0.1) is 5.92 Å². The average Bonchev–Trinajstić information content (AvgIpc) is 2.42. The van der Waals surface area contributed by atoms with E-state index in [1.165, 1.54) is 16.7 Å². The highest BCUT2D eigenvalue weighted by Gasteiger charge is 2.30. The van der Waals surface area contributed by atoms with E-state index in [1.807, 2.05) is 0 Å². The number of hydrogen-bond donors (Lipinski definition) is 1. The maximum atomic E-state index is 11.2. The molecule has 20 heavy (non-hydrogen) atoms. The van der Waals surface area contributed by atoms with E-state index in [-0.39, 0.29) is 5.92 Å². The van der Waals surface area contributed by atoms with Crippen LogP contribution in [-0.2, 0) is 4.79 Å². The summed E-state index contributed by atoms with van der Waals surface area (Å²) in [4.78, 5) is 13.6. The van der Waals surface area contributed by atoms with E-state index in [9.17, 15) is 9.90 Å². The smallest absolute Gasteiger partial charge is 0.307 e. The van der Waals surface area contributed by atoms with E-state index in [4.69, 9.17) is 0 Å². The fraction of sp³-hybridized carbons (Fsp3) is 0.588. The molecule has 0 aliphatic carbocycles. The van der Waals surface area contributed by atoms with Crippen molar-refractivity contribution < 1.29 is 9.90 Å². The molecule has 1 aliphatic heterocycles. The lowest BCUT2D eigenvalue weighted by atomic mass is 9.91. The number of nitrogens with zero attached hydrogens (tertiary/aromatic N) is 1. The first-order valence-corrected chi connectivity index (χ1v) is 7.57. The van der Waals surface area contributed by atoms with Crippen LogP contribution in [0.15, 0.2) is 18.2 Å². The zero-order valence-corrected chi connectivity index (χ0v) is 12.7. The molecule has 0 aromatic heterocycles. The van der Waals surface area contributed by atoms with Crippen molar-refractivity contribution in [2.45, 2.75) is 46.1 Å². The van der Waals surface area contributed by atoms with Crippen LogP contribution in [0, 0.1) is 19.8 Å².